The van der Waals surface area contributed by atoms with Gasteiger partial charge in [-0.1, -0.05) is 49.1 Å². The number of hydrogen-bond acceptors (Lipinski definition) is 5. The third-order valence-electron chi connectivity index (χ3n) is 4.95. The third kappa shape index (κ3) is 5.12. The smallest absolute Gasteiger partial charge is 0.340 e. The van der Waals surface area contributed by atoms with Crippen molar-refractivity contribution in [3.63, 3.8) is 0 Å². The van der Waals surface area contributed by atoms with E-state index in [-0.39, 0.29) is 28.2 Å². The molecule has 0 bridgehead atoms. The minimum absolute atomic E-state index is 0.0194. The Morgan fingerprint density at radius 2 is 1.79 bits per heavy atom. The molecule has 0 radical (unpaired) electrons. The summed E-state index contributed by atoms with van der Waals surface area (Å²) in [5, 5.41) is 10.7. The van der Waals surface area contributed by atoms with Crippen LogP contribution in [0.15, 0.2) is 48.5 Å². The number of para-hydroxylation sites is 1. The maximum absolute atomic E-state index is 12.9. The Labute approximate surface area is 173 Å². The number of anilines is 1. The van der Waals surface area contributed by atoms with Crippen molar-refractivity contribution in [3.8, 4) is 0 Å². The largest absolute Gasteiger partial charge is 0.452 e. The van der Waals surface area contributed by atoms with Crippen LogP contribution in [0.1, 0.15) is 42.5 Å². The number of esters is 1. The molecule has 1 amide bonds. The number of ether oxygens (including phenoxy) is 1. The standard InChI is InChI=1S/C21H21ClN2O5/c22-19-13-17(24(27)28)11-12-18(19)21(26)29-14-20(25)23(15-7-3-1-4-8-15)16-9-5-2-6-10-16/h1,3-4,7-8,11-13,16H,2,5-6,9-10,14H2. The summed E-state index contributed by atoms with van der Waals surface area (Å²) in [6, 6.07) is 12.9. The molecule has 29 heavy (non-hydrogen) atoms. The van der Waals surface area contributed by atoms with Crippen molar-refractivity contribution < 1.29 is 19.2 Å². The number of halogens is 1. The Bertz CT molecular complexity index is 897. The highest BCUT2D eigenvalue weighted by Gasteiger charge is 2.28. The van der Waals surface area contributed by atoms with Crippen molar-refractivity contribution >= 4 is 34.9 Å². The van der Waals surface area contributed by atoms with Gasteiger partial charge in [0.05, 0.1) is 15.5 Å². The van der Waals surface area contributed by atoms with Crippen LogP contribution >= 0.6 is 11.6 Å². The molecule has 1 aliphatic carbocycles. The molecule has 0 aromatic heterocycles. The SMILES string of the molecule is O=C(OCC(=O)N(c1ccccc1)C1CCCCC1)c1ccc([N+](=O)[O-])cc1Cl. The van der Waals surface area contributed by atoms with E-state index in [9.17, 15) is 19.7 Å². The van der Waals surface area contributed by atoms with Crippen molar-refractivity contribution in [2.75, 3.05) is 11.5 Å². The zero-order valence-corrected chi connectivity index (χ0v) is 16.5. The lowest BCUT2D eigenvalue weighted by Gasteiger charge is -2.34. The average Bonchev–Trinajstić information content (AvgIpc) is 2.73. The van der Waals surface area contributed by atoms with Crippen LogP contribution < -0.4 is 4.90 Å². The Balaban J connectivity index is 1.71. The maximum atomic E-state index is 12.9. The van der Waals surface area contributed by atoms with Crippen LogP contribution in [0.4, 0.5) is 11.4 Å². The number of nitro groups is 1. The second-order valence-electron chi connectivity index (χ2n) is 6.89. The van der Waals surface area contributed by atoms with Gasteiger partial charge >= 0.3 is 5.97 Å². The molecular weight excluding hydrogens is 396 g/mol. The Morgan fingerprint density at radius 1 is 1.10 bits per heavy atom. The number of carbonyl (C=O) groups is 2. The van der Waals surface area contributed by atoms with E-state index in [1.54, 1.807) is 4.90 Å². The van der Waals surface area contributed by atoms with Crippen molar-refractivity contribution in [1.29, 1.82) is 0 Å². The molecule has 152 valence electrons. The van der Waals surface area contributed by atoms with E-state index in [4.69, 9.17) is 16.3 Å². The monoisotopic (exact) mass is 416 g/mol. The molecule has 3 rings (SSSR count). The normalized spacial score (nSPS) is 14.2. The zero-order chi connectivity index (χ0) is 20.8. The number of nitro benzene ring substituents is 1. The van der Waals surface area contributed by atoms with Crippen molar-refractivity contribution in [3.05, 3.63) is 69.2 Å². The summed E-state index contributed by atoms with van der Waals surface area (Å²) in [4.78, 5) is 37.2. The number of carbonyl (C=O) groups excluding carboxylic acids is 2. The van der Waals surface area contributed by atoms with Gasteiger partial charge in [0.15, 0.2) is 6.61 Å². The first-order valence-corrected chi connectivity index (χ1v) is 9.83. The van der Waals surface area contributed by atoms with Gasteiger partial charge < -0.3 is 9.64 Å². The van der Waals surface area contributed by atoms with Gasteiger partial charge in [-0.2, -0.15) is 0 Å². The molecule has 1 fully saturated rings. The summed E-state index contributed by atoms with van der Waals surface area (Å²) in [5.74, 6) is -1.11. The molecule has 0 unspecified atom stereocenters. The first-order chi connectivity index (χ1) is 14.0. The first kappa shape index (κ1) is 20.8. The highest BCUT2D eigenvalue weighted by molar-refractivity contribution is 6.33. The Hall–Kier alpha value is -2.93. The molecule has 0 atom stereocenters. The number of non-ortho nitro benzene ring substituents is 1. The van der Waals surface area contributed by atoms with Crippen LogP contribution in [0.3, 0.4) is 0 Å². The van der Waals surface area contributed by atoms with E-state index in [1.807, 2.05) is 30.3 Å². The van der Waals surface area contributed by atoms with Crippen molar-refractivity contribution in [1.82, 2.24) is 0 Å². The lowest BCUT2D eigenvalue weighted by atomic mass is 9.93. The van der Waals surface area contributed by atoms with Crippen molar-refractivity contribution in [2.24, 2.45) is 0 Å². The quantitative estimate of drug-likeness (QED) is 0.384. The fourth-order valence-corrected chi connectivity index (χ4v) is 3.80. The molecular formula is C21H21ClN2O5. The van der Waals surface area contributed by atoms with Gasteiger partial charge in [-0.3, -0.25) is 14.9 Å². The molecule has 2 aromatic rings. The van der Waals surface area contributed by atoms with Crippen molar-refractivity contribution in [2.45, 2.75) is 38.1 Å². The molecule has 1 aliphatic rings. The molecule has 0 N–H and O–H groups in total. The number of amides is 1. The fourth-order valence-electron chi connectivity index (χ4n) is 3.54. The minimum Gasteiger partial charge on any atom is -0.452 e. The van der Waals surface area contributed by atoms with Crippen LogP contribution in [-0.4, -0.2) is 29.4 Å². The summed E-state index contributed by atoms with van der Waals surface area (Å²) < 4.78 is 5.18. The predicted octanol–water partition coefficient (Wildman–Crippen LogP) is 4.77. The molecule has 0 spiro atoms. The third-order valence-corrected chi connectivity index (χ3v) is 5.27. The summed E-state index contributed by atoms with van der Waals surface area (Å²) in [7, 11) is 0. The summed E-state index contributed by atoms with van der Waals surface area (Å²) in [6.45, 7) is -0.433. The molecule has 7 nitrogen and oxygen atoms in total. The zero-order valence-electron chi connectivity index (χ0n) is 15.8. The number of rotatable bonds is 6. The van der Waals surface area contributed by atoms with Crippen LogP contribution in [0, 0.1) is 10.1 Å². The van der Waals surface area contributed by atoms with E-state index in [0.717, 1.165) is 43.9 Å². The number of benzene rings is 2. The highest BCUT2D eigenvalue weighted by Crippen LogP contribution is 2.28. The van der Waals surface area contributed by atoms with Gasteiger partial charge in [0, 0.05) is 23.9 Å². The average molecular weight is 417 g/mol. The lowest BCUT2D eigenvalue weighted by Crippen LogP contribution is -2.43. The van der Waals surface area contributed by atoms with E-state index < -0.39 is 17.5 Å². The second kappa shape index (κ2) is 9.52. The van der Waals surface area contributed by atoms with Crippen LogP contribution in [0.25, 0.3) is 0 Å². The Morgan fingerprint density at radius 3 is 2.41 bits per heavy atom. The van der Waals surface area contributed by atoms with Gasteiger partial charge in [0.25, 0.3) is 11.6 Å². The minimum atomic E-state index is -0.796. The van der Waals surface area contributed by atoms with E-state index in [2.05, 4.69) is 0 Å². The van der Waals surface area contributed by atoms with E-state index in [0.29, 0.717) is 0 Å². The lowest BCUT2D eigenvalue weighted by molar-refractivity contribution is -0.384. The van der Waals surface area contributed by atoms with Gasteiger partial charge in [0.1, 0.15) is 0 Å². The summed E-state index contributed by atoms with van der Waals surface area (Å²) in [6.07, 6.45) is 5.07. The fraction of sp³-hybridized carbons (Fsp3) is 0.333. The van der Waals surface area contributed by atoms with E-state index in [1.165, 1.54) is 12.1 Å². The molecule has 8 heteroatoms. The van der Waals surface area contributed by atoms with E-state index >= 15 is 0 Å². The molecule has 2 aromatic carbocycles. The van der Waals surface area contributed by atoms with Crippen LogP contribution in [0.5, 0.6) is 0 Å². The Kier molecular flexibility index (Phi) is 6.82. The van der Waals surface area contributed by atoms with Gasteiger partial charge in [-0.15, -0.1) is 0 Å². The molecule has 0 heterocycles. The summed E-state index contributed by atoms with van der Waals surface area (Å²) >= 11 is 5.96. The van der Waals surface area contributed by atoms with Gasteiger partial charge in [-0.05, 0) is 31.0 Å². The molecule has 0 saturated heterocycles. The summed E-state index contributed by atoms with van der Waals surface area (Å²) in [5.41, 5.74) is 0.526. The molecule has 1 saturated carbocycles. The topological polar surface area (TPSA) is 89.8 Å². The van der Waals surface area contributed by atoms with Gasteiger partial charge in [0.2, 0.25) is 0 Å². The predicted molar refractivity (Wildman–Crippen MR) is 109 cm³/mol. The van der Waals surface area contributed by atoms with Crippen LogP contribution in [0.2, 0.25) is 5.02 Å². The number of hydrogen-bond donors (Lipinski definition) is 0. The first-order valence-electron chi connectivity index (χ1n) is 9.45. The molecule has 0 aliphatic heterocycles. The number of nitrogens with zero attached hydrogens (tertiary/aromatic N) is 2. The second-order valence-corrected chi connectivity index (χ2v) is 7.30. The maximum Gasteiger partial charge on any atom is 0.340 e. The highest BCUT2D eigenvalue weighted by atomic mass is 35.5. The van der Waals surface area contributed by atoms with Crippen LogP contribution in [-0.2, 0) is 9.53 Å². The van der Waals surface area contributed by atoms with Gasteiger partial charge in [-0.25, -0.2) is 4.79 Å².